The Morgan fingerprint density at radius 1 is 1.11 bits per heavy atom. The van der Waals surface area contributed by atoms with Gasteiger partial charge in [0, 0.05) is 26.2 Å². The van der Waals surface area contributed by atoms with E-state index in [-0.39, 0.29) is 16.7 Å². The number of fused-ring (bicyclic) bond motifs is 1. The lowest BCUT2D eigenvalue weighted by molar-refractivity contribution is 0.0983. The standard InChI is InChI=1S/C20H23N3O3S2/c1-14(2)13-23(20-21-17-10-5-6-11-18(17)27-20)19(24)15-8-7-9-16(12-15)28(25,26)22(3)4/h5-12,14H,13H2,1-4H3. The first kappa shape index (κ1) is 20.4. The average Bonchev–Trinajstić information content (AvgIpc) is 3.09. The van der Waals surface area contributed by atoms with Crippen LogP contribution in [0.3, 0.4) is 0 Å². The molecule has 0 aliphatic heterocycles. The molecule has 2 aromatic carbocycles. The Morgan fingerprint density at radius 3 is 2.46 bits per heavy atom. The summed E-state index contributed by atoms with van der Waals surface area (Å²) in [6.45, 7) is 4.55. The van der Waals surface area contributed by atoms with Crippen LogP contribution in [0.4, 0.5) is 5.13 Å². The van der Waals surface area contributed by atoms with Crippen molar-refractivity contribution in [2.24, 2.45) is 5.92 Å². The van der Waals surface area contributed by atoms with E-state index in [0.29, 0.717) is 17.2 Å². The normalized spacial score (nSPS) is 12.1. The van der Waals surface area contributed by atoms with E-state index >= 15 is 0 Å². The second kappa shape index (κ2) is 7.98. The molecule has 0 atom stereocenters. The summed E-state index contributed by atoms with van der Waals surface area (Å²) in [5, 5.41) is 0.612. The van der Waals surface area contributed by atoms with Gasteiger partial charge in [0.25, 0.3) is 5.91 Å². The van der Waals surface area contributed by atoms with Gasteiger partial charge in [0.2, 0.25) is 10.0 Å². The molecule has 6 nitrogen and oxygen atoms in total. The minimum atomic E-state index is -3.62. The highest BCUT2D eigenvalue weighted by Gasteiger charge is 2.24. The van der Waals surface area contributed by atoms with E-state index < -0.39 is 10.0 Å². The predicted octanol–water partition coefficient (Wildman–Crippen LogP) is 3.85. The van der Waals surface area contributed by atoms with E-state index in [1.54, 1.807) is 17.0 Å². The molecule has 0 saturated heterocycles. The first-order valence-electron chi connectivity index (χ1n) is 8.90. The molecule has 148 valence electrons. The topological polar surface area (TPSA) is 70.6 Å². The first-order chi connectivity index (χ1) is 13.2. The number of rotatable bonds is 6. The predicted molar refractivity (Wildman–Crippen MR) is 113 cm³/mol. The second-order valence-electron chi connectivity index (χ2n) is 7.09. The fourth-order valence-corrected chi connectivity index (χ4v) is 4.67. The lowest BCUT2D eigenvalue weighted by Gasteiger charge is -2.22. The zero-order valence-corrected chi connectivity index (χ0v) is 17.9. The third-order valence-corrected chi connectivity index (χ3v) is 7.04. The molecule has 0 aliphatic rings. The lowest BCUT2D eigenvalue weighted by atomic mass is 10.1. The van der Waals surface area contributed by atoms with Crippen LogP contribution in [-0.2, 0) is 10.0 Å². The van der Waals surface area contributed by atoms with Gasteiger partial charge in [-0.2, -0.15) is 0 Å². The molecular formula is C20H23N3O3S2. The number of hydrogen-bond donors (Lipinski definition) is 0. The maximum absolute atomic E-state index is 13.3. The Bertz CT molecular complexity index is 1070. The van der Waals surface area contributed by atoms with Crippen molar-refractivity contribution in [1.82, 2.24) is 9.29 Å². The molecule has 1 heterocycles. The van der Waals surface area contributed by atoms with Crippen molar-refractivity contribution in [2.45, 2.75) is 18.7 Å². The van der Waals surface area contributed by atoms with Crippen LogP contribution in [0, 0.1) is 5.92 Å². The van der Waals surface area contributed by atoms with E-state index in [2.05, 4.69) is 4.98 Å². The quantitative estimate of drug-likeness (QED) is 0.611. The Morgan fingerprint density at radius 2 is 1.82 bits per heavy atom. The average molecular weight is 418 g/mol. The van der Waals surface area contributed by atoms with Crippen molar-refractivity contribution in [3.63, 3.8) is 0 Å². The molecule has 28 heavy (non-hydrogen) atoms. The minimum absolute atomic E-state index is 0.0946. The molecule has 0 saturated carbocycles. The van der Waals surface area contributed by atoms with Gasteiger partial charge in [-0.15, -0.1) is 0 Å². The van der Waals surface area contributed by atoms with E-state index in [0.717, 1.165) is 14.5 Å². The summed E-state index contributed by atoms with van der Waals surface area (Å²) in [5.41, 5.74) is 1.16. The highest BCUT2D eigenvalue weighted by molar-refractivity contribution is 7.89. The summed E-state index contributed by atoms with van der Waals surface area (Å²) < 4.78 is 27.0. The van der Waals surface area contributed by atoms with Gasteiger partial charge in [-0.3, -0.25) is 9.69 Å². The molecule has 8 heteroatoms. The van der Waals surface area contributed by atoms with Gasteiger partial charge in [0.15, 0.2) is 5.13 Å². The summed E-state index contributed by atoms with van der Waals surface area (Å²) in [5.74, 6) is -0.0341. The third-order valence-electron chi connectivity index (χ3n) is 4.17. The number of sulfonamides is 1. The number of para-hydroxylation sites is 1. The molecule has 1 aromatic heterocycles. The monoisotopic (exact) mass is 417 g/mol. The Balaban J connectivity index is 2.03. The van der Waals surface area contributed by atoms with Gasteiger partial charge >= 0.3 is 0 Å². The summed E-state index contributed by atoms with van der Waals surface area (Å²) in [6.07, 6.45) is 0. The van der Waals surface area contributed by atoms with Crippen LogP contribution in [0.2, 0.25) is 0 Å². The van der Waals surface area contributed by atoms with Gasteiger partial charge < -0.3 is 0 Å². The van der Waals surface area contributed by atoms with Crippen LogP contribution < -0.4 is 4.90 Å². The Hall–Kier alpha value is -2.29. The second-order valence-corrected chi connectivity index (χ2v) is 10.2. The fourth-order valence-electron chi connectivity index (χ4n) is 2.74. The largest absolute Gasteiger partial charge is 0.284 e. The summed E-state index contributed by atoms with van der Waals surface area (Å²) >= 11 is 1.45. The maximum atomic E-state index is 13.3. The molecule has 0 N–H and O–H groups in total. The lowest BCUT2D eigenvalue weighted by Crippen LogP contribution is -2.34. The zero-order chi connectivity index (χ0) is 20.5. The summed E-state index contributed by atoms with van der Waals surface area (Å²) in [4.78, 5) is 19.6. The molecule has 0 aliphatic carbocycles. The minimum Gasteiger partial charge on any atom is -0.284 e. The number of anilines is 1. The van der Waals surface area contributed by atoms with E-state index in [4.69, 9.17) is 0 Å². The number of amides is 1. The molecule has 0 bridgehead atoms. The molecule has 0 radical (unpaired) electrons. The Labute approximate surface area is 169 Å². The van der Waals surface area contributed by atoms with Gasteiger partial charge in [-0.1, -0.05) is 43.4 Å². The Kier molecular flexibility index (Phi) is 5.83. The van der Waals surface area contributed by atoms with E-state index in [9.17, 15) is 13.2 Å². The summed E-state index contributed by atoms with van der Waals surface area (Å²) in [7, 11) is -0.681. The van der Waals surface area contributed by atoms with Crippen LogP contribution >= 0.6 is 11.3 Å². The number of carbonyl (C=O) groups is 1. The smallest absolute Gasteiger partial charge is 0.260 e. The van der Waals surface area contributed by atoms with Crippen LogP contribution in [0.1, 0.15) is 24.2 Å². The first-order valence-corrected chi connectivity index (χ1v) is 11.2. The molecule has 1 amide bonds. The molecule has 0 spiro atoms. The molecule has 3 aromatic rings. The van der Waals surface area contributed by atoms with Crippen LogP contribution in [-0.4, -0.2) is 44.3 Å². The molecule has 0 fully saturated rings. The zero-order valence-electron chi connectivity index (χ0n) is 16.3. The number of nitrogens with zero attached hydrogens (tertiary/aromatic N) is 3. The third kappa shape index (κ3) is 4.09. The molecule has 0 unspecified atom stereocenters. The maximum Gasteiger partial charge on any atom is 0.260 e. The SMILES string of the molecule is CC(C)CN(C(=O)c1cccc(S(=O)(=O)N(C)C)c1)c1nc2ccccc2s1. The van der Waals surface area contributed by atoms with Crippen LogP contribution in [0.25, 0.3) is 10.2 Å². The van der Waals surface area contributed by atoms with Crippen LogP contribution in [0.15, 0.2) is 53.4 Å². The van der Waals surface area contributed by atoms with Gasteiger partial charge in [-0.05, 0) is 36.2 Å². The number of thiazole rings is 1. The van der Waals surface area contributed by atoms with Crippen molar-refractivity contribution in [3.05, 3.63) is 54.1 Å². The highest BCUT2D eigenvalue weighted by Crippen LogP contribution is 2.30. The van der Waals surface area contributed by atoms with Crippen molar-refractivity contribution in [3.8, 4) is 0 Å². The number of benzene rings is 2. The molecular weight excluding hydrogens is 394 g/mol. The van der Waals surface area contributed by atoms with E-state index in [1.807, 2.05) is 38.1 Å². The van der Waals surface area contributed by atoms with Crippen molar-refractivity contribution in [1.29, 1.82) is 0 Å². The number of aromatic nitrogens is 1. The molecule has 3 rings (SSSR count). The van der Waals surface area contributed by atoms with Gasteiger partial charge in [0.05, 0.1) is 15.1 Å². The fraction of sp³-hybridized carbons (Fsp3) is 0.300. The van der Waals surface area contributed by atoms with Crippen molar-refractivity contribution < 1.29 is 13.2 Å². The van der Waals surface area contributed by atoms with Gasteiger partial charge in [-0.25, -0.2) is 17.7 Å². The van der Waals surface area contributed by atoms with Crippen LogP contribution in [0.5, 0.6) is 0 Å². The highest BCUT2D eigenvalue weighted by atomic mass is 32.2. The van der Waals surface area contributed by atoms with E-state index in [1.165, 1.54) is 37.6 Å². The summed E-state index contributed by atoms with van der Waals surface area (Å²) in [6, 6.07) is 13.9. The number of hydrogen-bond acceptors (Lipinski definition) is 5. The van der Waals surface area contributed by atoms with Crippen molar-refractivity contribution in [2.75, 3.05) is 25.5 Å². The van der Waals surface area contributed by atoms with Gasteiger partial charge in [0.1, 0.15) is 0 Å². The number of carbonyl (C=O) groups excluding carboxylic acids is 1. The van der Waals surface area contributed by atoms with Crippen molar-refractivity contribution >= 4 is 42.6 Å².